The fourth-order valence-electron chi connectivity index (χ4n) is 1.15. The molecule has 0 radical (unpaired) electrons. The first kappa shape index (κ1) is 14.0. The van der Waals surface area contributed by atoms with Crippen molar-refractivity contribution in [3.63, 3.8) is 0 Å². The van der Waals surface area contributed by atoms with Crippen molar-refractivity contribution in [3.8, 4) is 0 Å². The van der Waals surface area contributed by atoms with Gasteiger partial charge in [0.05, 0.1) is 12.3 Å². The highest BCUT2D eigenvalue weighted by Crippen LogP contribution is 1.93. The van der Waals surface area contributed by atoms with E-state index in [1.165, 1.54) is 3.57 Å². The zero-order valence-electron chi connectivity index (χ0n) is 10.3. The van der Waals surface area contributed by atoms with Gasteiger partial charge in [-0.25, -0.2) is 4.79 Å². The van der Waals surface area contributed by atoms with Crippen LogP contribution < -0.4 is 26.5 Å². The van der Waals surface area contributed by atoms with E-state index in [1.807, 2.05) is 39.1 Å². The molecule has 0 spiro atoms. The molecule has 0 aromatic heterocycles. The normalized spacial score (nSPS) is 11.7. The van der Waals surface area contributed by atoms with Gasteiger partial charge in [0.2, 0.25) is 0 Å². The fraction of sp³-hybridized carbons (Fsp3) is 0.308. The fourth-order valence-corrected chi connectivity index (χ4v) is 3.60. The van der Waals surface area contributed by atoms with Crippen molar-refractivity contribution in [2.45, 2.75) is 13.8 Å². The molecule has 0 aliphatic rings. The SMILES string of the molecule is CCOC(=O)/C([I+]c1ccccc1)=C(/C)NC. The number of halogens is 1. The summed E-state index contributed by atoms with van der Waals surface area (Å²) in [5.74, 6) is -0.198. The van der Waals surface area contributed by atoms with Gasteiger partial charge in [0.1, 0.15) is 0 Å². The van der Waals surface area contributed by atoms with Gasteiger partial charge in [-0.1, -0.05) is 18.2 Å². The molecular weight excluding hydrogens is 329 g/mol. The number of allylic oxidation sites excluding steroid dienone is 1. The van der Waals surface area contributed by atoms with Gasteiger partial charge in [-0.3, -0.25) is 0 Å². The Hall–Kier alpha value is -1.04. The van der Waals surface area contributed by atoms with Gasteiger partial charge in [-0.2, -0.15) is 0 Å². The van der Waals surface area contributed by atoms with Crippen LogP contribution in [0.2, 0.25) is 0 Å². The van der Waals surface area contributed by atoms with Crippen LogP contribution >= 0.6 is 0 Å². The summed E-state index contributed by atoms with van der Waals surface area (Å²) in [5.41, 5.74) is 0.903. The van der Waals surface area contributed by atoms with E-state index < -0.39 is 21.2 Å². The maximum atomic E-state index is 11.9. The predicted molar refractivity (Wildman–Crippen MR) is 63.5 cm³/mol. The van der Waals surface area contributed by atoms with Crippen LogP contribution in [0.15, 0.2) is 39.6 Å². The van der Waals surface area contributed by atoms with Crippen molar-refractivity contribution < 1.29 is 30.7 Å². The van der Waals surface area contributed by atoms with Crippen LogP contribution in [-0.4, -0.2) is 19.6 Å². The molecule has 0 saturated carbocycles. The van der Waals surface area contributed by atoms with Gasteiger partial charge in [0, 0.05) is 7.05 Å². The number of carbonyl (C=O) groups excluding carboxylic acids is 1. The summed E-state index contributed by atoms with van der Waals surface area (Å²) in [6.45, 7) is 4.15. The largest absolute Gasteiger partial charge is 0.459 e. The number of carbonyl (C=O) groups is 1. The lowest BCUT2D eigenvalue weighted by atomic mass is 10.4. The van der Waals surface area contributed by atoms with E-state index in [-0.39, 0.29) is 5.97 Å². The van der Waals surface area contributed by atoms with E-state index in [4.69, 9.17) is 4.74 Å². The third-order valence-corrected chi connectivity index (χ3v) is 5.23. The zero-order valence-corrected chi connectivity index (χ0v) is 12.4. The summed E-state index contributed by atoms with van der Waals surface area (Å²) in [6.07, 6.45) is 0. The third-order valence-electron chi connectivity index (χ3n) is 2.10. The Kier molecular flexibility index (Phi) is 6.04. The van der Waals surface area contributed by atoms with Crippen LogP contribution in [0, 0.1) is 3.57 Å². The summed E-state index contributed by atoms with van der Waals surface area (Å²) >= 11 is -0.496. The lowest BCUT2D eigenvalue weighted by Gasteiger charge is -2.01. The number of nitrogens with one attached hydrogen (secondary N) is 1. The molecule has 4 heteroatoms. The van der Waals surface area contributed by atoms with Gasteiger partial charge in [-0.05, 0) is 26.0 Å². The lowest BCUT2D eigenvalue weighted by Crippen LogP contribution is -3.61. The van der Waals surface area contributed by atoms with Crippen molar-refractivity contribution in [1.29, 1.82) is 0 Å². The summed E-state index contributed by atoms with van der Waals surface area (Å²) in [7, 11) is 1.82. The molecule has 1 rings (SSSR count). The van der Waals surface area contributed by atoms with Crippen LogP contribution in [0.1, 0.15) is 13.8 Å². The molecule has 1 N–H and O–H groups in total. The highest BCUT2D eigenvalue weighted by Gasteiger charge is 2.30. The van der Waals surface area contributed by atoms with E-state index in [1.54, 1.807) is 0 Å². The van der Waals surface area contributed by atoms with Gasteiger partial charge in [0.25, 0.3) is 3.58 Å². The molecule has 0 aliphatic heterocycles. The Morgan fingerprint density at radius 2 is 2.00 bits per heavy atom. The molecule has 0 amide bonds. The Labute approximate surface area is 113 Å². The Balaban J connectivity index is 2.90. The van der Waals surface area contributed by atoms with Gasteiger partial charge >= 0.3 is 27.2 Å². The summed E-state index contributed by atoms with van der Waals surface area (Å²) in [4.78, 5) is 11.9. The van der Waals surface area contributed by atoms with E-state index in [0.717, 1.165) is 9.28 Å². The summed E-state index contributed by atoms with van der Waals surface area (Å²) in [5, 5.41) is 3.03. The van der Waals surface area contributed by atoms with Crippen molar-refractivity contribution in [3.05, 3.63) is 43.2 Å². The minimum atomic E-state index is -0.496. The highest BCUT2D eigenvalue weighted by molar-refractivity contribution is 5.86. The number of benzene rings is 1. The van der Waals surface area contributed by atoms with Gasteiger partial charge in [-0.15, -0.1) is 0 Å². The maximum absolute atomic E-state index is 11.9. The number of esters is 1. The van der Waals surface area contributed by atoms with E-state index >= 15 is 0 Å². The van der Waals surface area contributed by atoms with E-state index in [9.17, 15) is 4.79 Å². The second-order valence-electron chi connectivity index (χ2n) is 3.30. The van der Waals surface area contributed by atoms with Gasteiger partial charge in [0.15, 0.2) is 3.57 Å². The smallest absolute Gasteiger partial charge is 0.387 e. The number of rotatable bonds is 5. The second kappa shape index (κ2) is 7.32. The minimum Gasteiger partial charge on any atom is -0.459 e. The summed E-state index contributed by atoms with van der Waals surface area (Å²) in [6, 6.07) is 10.1. The average molecular weight is 346 g/mol. The number of hydrogen-bond acceptors (Lipinski definition) is 3. The third kappa shape index (κ3) is 4.38. The van der Waals surface area contributed by atoms with E-state index in [2.05, 4.69) is 17.4 Å². The maximum Gasteiger partial charge on any atom is 0.387 e. The topological polar surface area (TPSA) is 38.3 Å². The molecular formula is C13H17INO2+. The quantitative estimate of drug-likeness (QED) is 0.421. The molecule has 0 unspecified atom stereocenters. The molecule has 3 nitrogen and oxygen atoms in total. The first-order valence-electron chi connectivity index (χ1n) is 5.44. The molecule has 0 atom stereocenters. The average Bonchev–Trinajstić information content (AvgIpc) is 2.36. The van der Waals surface area contributed by atoms with Crippen LogP contribution in [0.25, 0.3) is 0 Å². The van der Waals surface area contributed by atoms with Crippen molar-refractivity contribution in [2.75, 3.05) is 13.7 Å². The Bertz CT molecular complexity index is 401. The van der Waals surface area contributed by atoms with Crippen LogP contribution in [0.5, 0.6) is 0 Å². The van der Waals surface area contributed by atoms with Crippen LogP contribution in [0.4, 0.5) is 0 Å². The zero-order chi connectivity index (χ0) is 12.7. The predicted octanol–water partition coefficient (Wildman–Crippen LogP) is -1.04. The highest BCUT2D eigenvalue weighted by atomic mass is 127. The molecule has 0 fully saturated rings. The molecule has 0 heterocycles. The second-order valence-corrected chi connectivity index (χ2v) is 6.16. The van der Waals surface area contributed by atoms with Gasteiger partial charge < -0.3 is 10.1 Å². The molecule has 17 heavy (non-hydrogen) atoms. The Morgan fingerprint density at radius 3 is 2.53 bits per heavy atom. The monoisotopic (exact) mass is 346 g/mol. The minimum absolute atomic E-state index is 0.198. The van der Waals surface area contributed by atoms with Crippen molar-refractivity contribution in [1.82, 2.24) is 5.32 Å². The standard InChI is InChI=1S/C13H16INO2/c1-4-17-13(16)12(10(2)15-3)14-11-8-6-5-7-9-11/h5-9H,4H2,1-3H3/p+1. The molecule has 0 saturated heterocycles. The number of ether oxygens (including phenoxy) is 1. The molecule has 1 aromatic carbocycles. The van der Waals surface area contributed by atoms with Crippen LogP contribution in [0.3, 0.4) is 0 Å². The molecule has 0 bridgehead atoms. The number of hydrogen-bond donors (Lipinski definition) is 1. The summed E-state index contributed by atoms with van der Waals surface area (Å²) < 4.78 is 7.09. The van der Waals surface area contributed by atoms with E-state index in [0.29, 0.717) is 6.61 Å². The van der Waals surface area contributed by atoms with Crippen molar-refractivity contribution >= 4 is 5.97 Å². The first-order chi connectivity index (χ1) is 8.19. The molecule has 92 valence electrons. The molecule has 0 aliphatic carbocycles. The molecule has 1 aromatic rings. The Morgan fingerprint density at radius 1 is 1.35 bits per heavy atom. The lowest BCUT2D eigenvalue weighted by molar-refractivity contribution is -0.572. The van der Waals surface area contributed by atoms with Crippen LogP contribution in [-0.2, 0) is 9.53 Å². The van der Waals surface area contributed by atoms with Crippen molar-refractivity contribution in [2.24, 2.45) is 0 Å². The first-order valence-corrected chi connectivity index (χ1v) is 7.60.